The second kappa shape index (κ2) is 13.7. The summed E-state index contributed by atoms with van der Waals surface area (Å²) >= 11 is 8.30. The Labute approximate surface area is 239 Å². The first-order valence-electron chi connectivity index (χ1n) is 14.0. The first-order valence-corrected chi connectivity index (χ1v) is 15.1. The summed E-state index contributed by atoms with van der Waals surface area (Å²) in [6, 6.07) is 30.7. The molecular formula is C34H42ClN2S+. The molecule has 4 heteroatoms. The van der Waals surface area contributed by atoms with Crippen LogP contribution in [0.1, 0.15) is 48.9 Å². The zero-order valence-electron chi connectivity index (χ0n) is 23.4. The lowest BCUT2D eigenvalue weighted by molar-refractivity contribution is -0.938. The van der Waals surface area contributed by atoms with Crippen molar-refractivity contribution in [2.45, 2.75) is 58.5 Å². The highest BCUT2D eigenvalue weighted by Gasteiger charge is 2.23. The highest BCUT2D eigenvalue weighted by molar-refractivity contribution is 7.97. The number of fused-ring (bicyclic) bond motifs is 1. The Morgan fingerprint density at radius 1 is 0.763 bits per heavy atom. The van der Waals surface area contributed by atoms with Crippen molar-refractivity contribution < 1.29 is 4.48 Å². The van der Waals surface area contributed by atoms with Crippen LogP contribution < -0.4 is 0 Å². The Morgan fingerprint density at radius 2 is 1.50 bits per heavy atom. The van der Waals surface area contributed by atoms with E-state index in [1.807, 2.05) is 24.1 Å². The van der Waals surface area contributed by atoms with Gasteiger partial charge in [0, 0.05) is 34.0 Å². The number of nitrogens with zero attached hydrogens (tertiary/aromatic N) is 2. The summed E-state index contributed by atoms with van der Waals surface area (Å²) in [4.78, 5) is 1.26. The van der Waals surface area contributed by atoms with E-state index in [0.29, 0.717) is 0 Å². The minimum absolute atomic E-state index is 0.815. The first-order chi connectivity index (χ1) is 18.4. The number of hydrogen-bond acceptors (Lipinski definition) is 2. The van der Waals surface area contributed by atoms with Gasteiger partial charge in [0.2, 0.25) is 0 Å². The summed E-state index contributed by atoms with van der Waals surface area (Å²) in [5.74, 6) is 0. The molecule has 4 rings (SSSR count). The molecule has 2 nitrogen and oxygen atoms in total. The average molecular weight is 546 g/mol. The van der Waals surface area contributed by atoms with E-state index in [-0.39, 0.29) is 0 Å². The molecule has 0 saturated carbocycles. The minimum Gasteiger partial charge on any atom is -0.320 e. The summed E-state index contributed by atoms with van der Waals surface area (Å²) < 4.78 is 3.70. The van der Waals surface area contributed by atoms with E-state index < -0.39 is 0 Å². The largest absolute Gasteiger partial charge is 0.320 e. The van der Waals surface area contributed by atoms with Crippen LogP contribution in [-0.2, 0) is 13.1 Å². The van der Waals surface area contributed by atoms with Crippen LogP contribution in [0.4, 0.5) is 0 Å². The van der Waals surface area contributed by atoms with Crippen molar-refractivity contribution in [1.82, 2.24) is 4.31 Å². The molecule has 0 unspecified atom stereocenters. The van der Waals surface area contributed by atoms with E-state index in [2.05, 4.69) is 105 Å². The molecule has 0 aliphatic heterocycles. The molecule has 4 aromatic rings. The van der Waals surface area contributed by atoms with Crippen LogP contribution in [0.15, 0.2) is 89.8 Å². The molecule has 38 heavy (non-hydrogen) atoms. The molecule has 0 aliphatic carbocycles. The molecule has 0 amide bonds. The third kappa shape index (κ3) is 7.86. The van der Waals surface area contributed by atoms with Crippen LogP contribution in [0.3, 0.4) is 0 Å². The number of aryl methyl sites for hydroxylation is 2. The van der Waals surface area contributed by atoms with Crippen molar-refractivity contribution in [3.8, 4) is 0 Å². The number of unbranched alkanes of at least 4 members (excludes halogenated alkanes) is 1. The molecule has 0 heterocycles. The Hall–Kier alpha value is -2.30. The molecule has 0 bridgehead atoms. The standard InChI is InChI=1S/C34H42ClN2S/c1-5-37(6-2,26-29-13-8-7-9-14-29)20-11-10-19-36(25-30-22-27(3)21-28(4)23-30)38-32-17-18-33-31(24-32)15-12-16-34(33)35/h7-9,12-18,21-24H,5-6,10-11,19-20,25-26H2,1-4H3/q+1. The van der Waals surface area contributed by atoms with E-state index in [9.17, 15) is 0 Å². The van der Waals surface area contributed by atoms with Gasteiger partial charge < -0.3 is 4.48 Å². The molecular weight excluding hydrogens is 504 g/mol. The predicted octanol–water partition coefficient (Wildman–Crippen LogP) is 9.46. The fraction of sp³-hybridized carbons (Fsp3) is 0.353. The smallest absolute Gasteiger partial charge is 0.104 e. The summed E-state index contributed by atoms with van der Waals surface area (Å²) in [6.45, 7) is 15.8. The van der Waals surface area contributed by atoms with Gasteiger partial charge in [-0.1, -0.05) is 89.5 Å². The van der Waals surface area contributed by atoms with Crippen LogP contribution in [0.25, 0.3) is 10.8 Å². The van der Waals surface area contributed by atoms with Crippen molar-refractivity contribution in [1.29, 1.82) is 0 Å². The van der Waals surface area contributed by atoms with Gasteiger partial charge in [-0.15, -0.1) is 0 Å². The lowest BCUT2D eigenvalue weighted by Gasteiger charge is -2.37. The summed E-state index contributed by atoms with van der Waals surface area (Å²) in [5.41, 5.74) is 5.49. The van der Waals surface area contributed by atoms with E-state index in [0.717, 1.165) is 34.5 Å². The zero-order chi connectivity index (χ0) is 27.0. The number of quaternary nitrogens is 1. The van der Waals surface area contributed by atoms with Gasteiger partial charge in [-0.25, -0.2) is 4.31 Å². The fourth-order valence-electron chi connectivity index (χ4n) is 5.50. The fourth-order valence-corrected chi connectivity index (χ4v) is 6.78. The monoisotopic (exact) mass is 545 g/mol. The van der Waals surface area contributed by atoms with Crippen LogP contribution in [0.2, 0.25) is 5.02 Å². The van der Waals surface area contributed by atoms with Gasteiger partial charge in [-0.05, 0) is 81.6 Å². The van der Waals surface area contributed by atoms with Crippen LogP contribution >= 0.6 is 23.5 Å². The van der Waals surface area contributed by atoms with Gasteiger partial charge >= 0.3 is 0 Å². The molecule has 0 radical (unpaired) electrons. The van der Waals surface area contributed by atoms with Gasteiger partial charge in [0.05, 0.1) is 19.6 Å². The van der Waals surface area contributed by atoms with Gasteiger partial charge in [0.1, 0.15) is 6.54 Å². The van der Waals surface area contributed by atoms with Gasteiger partial charge in [0.15, 0.2) is 0 Å². The lowest BCUT2D eigenvalue weighted by atomic mass is 10.1. The summed E-state index contributed by atoms with van der Waals surface area (Å²) in [7, 11) is 0. The number of rotatable bonds is 13. The molecule has 4 aromatic carbocycles. The summed E-state index contributed by atoms with van der Waals surface area (Å²) in [5, 5.41) is 3.13. The zero-order valence-corrected chi connectivity index (χ0v) is 25.0. The summed E-state index contributed by atoms with van der Waals surface area (Å²) in [6.07, 6.45) is 2.41. The quantitative estimate of drug-likeness (QED) is 0.0934. The van der Waals surface area contributed by atoms with E-state index >= 15 is 0 Å². The molecule has 0 aliphatic rings. The van der Waals surface area contributed by atoms with Crippen molar-refractivity contribution in [2.75, 3.05) is 26.2 Å². The maximum atomic E-state index is 6.43. The van der Waals surface area contributed by atoms with Crippen molar-refractivity contribution in [2.24, 2.45) is 0 Å². The lowest BCUT2D eigenvalue weighted by Crippen LogP contribution is -2.47. The van der Waals surface area contributed by atoms with Crippen molar-refractivity contribution in [3.63, 3.8) is 0 Å². The van der Waals surface area contributed by atoms with E-state index in [4.69, 9.17) is 11.6 Å². The first kappa shape index (κ1) is 28.7. The SMILES string of the molecule is CC[N+](CC)(CCCCN(Cc1cc(C)cc(C)c1)Sc1ccc2c(Cl)cccc2c1)Cc1ccccc1. The van der Waals surface area contributed by atoms with E-state index in [1.54, 1.807) is 0 Å². The Bertz CT molecular complexity index is 1300. The molecule has 0 spiro atoms. The third-order valence-corrected chi connectivity index (χ3v) is 9.03. The highest BCUT2D eigenvalue weighted by atomic mass is 35.5. The van der Waals surface area contributed by atoms with Gasteiger partial charge in [-0.2, -0.15) is 0 Å². The predicted molar refractivity (Wildman–Crippen MR) is 167 cm³/mol. The highest BCUT2D eigenvalue weighted by Crippen LogP contribution is 2.31. The number of hydrogen-bond donors (Lipinski definition) is 0. The Morgan fingerprint density at radius 3 is 2.21 bits per heavy atom. The molecule has 0 fully saturated rings. The van der Waals surface area contributed by atoms with Crippen LogP contribution in [0.5, 0.6) is 0 Å². The molecule has 200 valence electrons. The minimum atomic E-state index is 0.815. The second-order valence-corrected chi connectivity index (χ2v) is 12.2. The topological polar surface area (TPSA) is 3.24 Å². The second-order valence-electron chi connectivity index (χ2n) is 10.6. The van der Waals surface area contributed by atoms with Crippen LogP contribution in [-0.4, -0.2) is 35.0 Å². The Kier molecular flexibility index (Phi) is 10.3. The maximum absolute atomic E-state index is 6.43. The van der Waals surface area contributed by atoms with Gasteiger partial charge in [0.25, 0.3) is 0 Å². The van der Waals surface area contributed by atoms with Crippen LogP contribution in [0, 0.1) is 13.8 Å². The van der Waals surface area contributed by atoms with Gasteiger partial charge in [-0.3, -0.25) is 0 Å². The van der Waals surface area contributed by atoms with E-state index in [1.165, 1.54) is 65.0 Å². The molecule has 0 N–H and O–H groups in total. The Balaban J connectivity index is 1.45. The normalized spacial score (nSPS) is 11.9. The molecule has 0 saturated heterocycles. The van der Waals surface area contributed by atoms with Crippen molar-refractivity contribution in [3.05, 3.63) is 112 Å². The number of halogens is 1. The molecule has 0 aromatic heterocycles. The number of benzene rings is 4. The van der Waals surface area contributed by atoms with Crippen molar-refractivity contribution >= 4 is 34.3 Å². The average Bonchev–Trinajstić information content (AvgIpc) is 2.90. The molecule has 0 atom stereocenters. The maximum Gasteiger partial charge on any atom is 0.104 e. The third-order valence-electron chi connectivity index (χ3n) is 7.67.